The Kier molecular flexibility index (Phi) is 3.42. The van der Waals surface area contributed by atoms with E-state index in [4.69, 9.17) is 5.84 Å². The maximum absolute atomic E-state index is 12.2. The topological polar surface area (TPSA) is 67.1 Å². The first-order chi connectivity index (χ1) is 9.28. The summed E-state index contributed by atoms with van der Waals surface area (Å²) in [6.07, 6.45) is 5.42. The molecule has 2 fully saturated rings. The van der Waals surface area contributed by atoms with Gasteiger partial charge in [0.1, 0.15) is 0 Å². The van der Waals surface area contributed by atoms with Crippen LogP contribution in [0, 0.1) is 17.8 Å². The molecule has 4 N–H and O–H groups in total. The van der Waals surface area contributed by atoms with Crippen LogP contribution in [0.3, 0.4) is 0 Å². The van der Waals surface area contributed by atoms with Gasteiger partial charge in [-0.2, -0.15) is 0 Å². The van der Waals surface area contributed by atoms with Crippen LogP contribution in [0.2, 0.25) is 0 Å². The maximum Gasteiger partial charge on any atom is 0.253 e. The van der Waals surface area contributed by atoms with Crippen LogP contribution in [0.25, 0.3) is 0 Å². The van der Waals surface area contributed by atoms with Crippen molar-refractivity contribution in [1.82, 2.24) is 5.32 Å². The summed E-state index contributed by atoms with van der Waals surface area (Å²) in [5.41, 5.74) is 3.86. The molecule has 3 atom stereocenters. The molecule has 1 amide bonds. The SMILES string of the molecule is NNc1ccccc1C(=O)NCC1CC2CCC1C2. The molecule has 2 aliphatic carbocycles. The van der Waals surface area contributed by atoms with Gasteiger partial charge in [-0.1, -0.05) is 18.6 Å². The maximum atomic E-state index is 12.2. The fraction of sp³-hybridized carbons (Fsp3) is 0.533. The number of carbonyl (C=O) groups is 1. The summed E-state index contributed by atoms with van der Waals surface area (Å²) >= 11 is 0. The molecule has 0 aliphatic heterocycles. The monoisotopic (exact) mass is 259 g/mol. The lowest BCUT2D eigenvalue weighted by atomic mass is 9.89. The van der Waals surface area contributed by atoms with Crippen LogP contribution in [0.5, 0.6) is 0 Å². The minimum atomic E-state index is -0.0312. The second-order valence-corrected chi connectivity index (χ2v) is 5.83. The lowest BCUT2D eigenvalue weighted by molar-refractivity contribution is 0.0942. The van der Waals surface area contributed by atoms with Crippen LogP contribution in [0.1, 0.15) is 36.0 Å². The number of nitrogen functional groups attached to an aromatic ring is 1. The number of hydrogen-bond acceptors (Lipinski definition) is 3. The third-order valence-electron chi connectivity index (χ3n) is 4.74. The van der Waals surface area contributed by atoms with E-state index < -0.39 is 0 Å². The Hall–Kier alpha value is -1.55. The number of carbonyl (C=O) groups excluding carboxylic acids is 1. The highest BCUT2D eigenvalue weighted by molar-refractivity contribution is 5.99. The third kappa shape index (κ3) is 2.45. The highest BCUT2D eigenvalue weighted by atomic mass is 16.1. The van der Waals surface area contributed by atoms with Crippen molar-refractivity contribution in [2.75, 3.05) is 12.0 Å². The highest BCUT2D eigenvalue weighted by Crippen LogP contribution is 2.47. The van der Waals surface area contributed by atoms with Gasteiger partial charge in [-0.3, -0.25) is 10.6 Å². The van der Waals surface area contributed by atoms with E-state index in [1.807, 2.05) is 18.2 Å². The number of amides is 1. The second-order valence-electron chi connectivity index (χ2n) is 5.83. The van der Waals surface area contributed by atoms with E-state index in [-0.39, 0.29) is 5.91 Å². The van der Waals surface area contributed by atoms with Gasteiger partial charge in [0.05, 0.1) is 11.3 Å². The van der Waals surface area contributed by atoms with Crippen LogP contribution in [0.15, 0.2) is 24.3 Å². The van der Waals surface area contributed by atoms with Gasteiger partial charge in [-0.05, 0) is 49.1 Å². The van der Waals surface area contributed by atoms with Crippen molar-refractivity contribution in [3.05, 3.63) is 29.8 Å². The van der Waals surface area contributed by atoms with Crippen LogP contribution in [-0.4, -0.2) is 12.5 Å². The van der Waals surface area contributed by atoms with E-state index in [0.29, 0.717) is 17.2 Å². The second kappa shape index (κ2) is 5.21. The van der Waals surface area contributed by atoms with Crippen molar-refractivity contribution in [3.63, 3.8) is 0 Å². The largest absolute Gasteiger partial charge is 0.352 e. The minimum absolute atomic E-state index is 0.0312. The molecule has 2 bridgehead atoms. The predicted molar refractivity (Wildman–Crippen MR) is 75.5 cm³/mol. The number of hydrazine groups is 1. The molecular formula is C15H21N3O. The number of hydrogen-bond donors (Lipinski definition) is 3. The first-order valence-electron chi connectivity index (χ1n) is 7.11. The van der Waals surface area contributed by atoms with Crippen LogP contribution in [0.4, 0.5) is 5.69 Å². The summed E-state index contributed by atoms with van der Waals surface area (Å²) in [4.78, 5) is 12.2. The molecule has 4 nitrogen and oxygen atoms in total. The Morgan fingerprint density at radius 1 is 1.26 bits per heavy atom. The normalized spacial score (nSPS) is 28.4. The Morgan fingerprint density at radius 2 is 2.11 bits per heavy atom. The van der Waals surface area contributed by atoms with Crippen molar-refractivity contribution in [2.24, 2.45) is 23.6 Å². The Morgan fingerprint density at radius 3 is 2.79 bits per heavy atom. The average molecular weight is 259 g/mol. The first-order valence-corrected chi connectivity index (χ1v) is 7.11. The number of benzene rings is 1. The average Bonchev–Trinajstić information content (AvgIpc) is 3.07. The van der Waals surface area contributed by atoms with Gasteiger partial charge in [-0.15, -0.1) is 0 Å². The summed E-state index contributed by atoms with van der Waals surface area (Å²) in [6.45, 7) is 0.804. The van der Waals surface area contributed by atoms with Gasteiger partial charge in [0.2, 0.25) is 0 Å². The number of anilines is 1. The Bertz CT molecular complexity index is 474. The van der Waals surface area contributed by atoms with Crippen molar-refractivity contribution < 1.29 is 4.79 Å². The van der Waals surface area contributed by atoms with Crippen LogP contribution < -0.4 is 16.6 Å². The summed E-state index contributed by atoms with van der Waals surface area (Å²) in [7, 11) is 0. The number of nitrogens with two attached hydrogens (primary N) is 1. The molecule has 0 aromatic heterocycles. The van der Waals surface area contributed by atoms with Crippen molar-refractivity contribution in [1.29, 1.82) is 0 Å². The van der Waals surface area contributed by atoms with Crippen molar-refractivity contribution in [3.8, 4) is 0 Å². The summed E-state index contributed by atoms with van der Waals surface area (Å²) in [5, 5.41) is 3.07. The zero-order valence-corrected chi connectivity index (χ0v) is 11.1. The van der Waals surface area contributed by atoms with Gasteiger partial charge >= 0.3 is 0 Å². The highest BCUT2D eigenvalue weighted by Gasteiger charge is 2.39. The van der Waals surface area contributed by atoms with Crippen molar-refractivity contribution in [2.45, 2.75) is 25.7 Å². The van der Waals surface area contributed by atoms with Crippen LogP contribution >= 0.6 is 0 Å². The molecule has 0 spiro atoms. The van der Waals surface area contributed by atoms with Crippen molar-refractivity contribution >= 4 is 11.6 Å². The van der Waals surface area contributed by atoms with E-state index in [9.17, 15) is 4.79 Å². The van der Waals surface area contributed by atoms with Gasteiger partial charge in [0.15, 0.2) is 0 Å². The number of para-hydroxylation sites is 1. The molecular weight excluding hydrogens is 238 g/mol. The lowest BCUT2D eigenvalue weighted by Gasteiger charge is -2.22. The fourth-order valence-corrected chi connectivity index (χ4v) is 3.75. The summed E-state index contributed by atoms with van der Waals surface area (Å²) in [6, 6.07) is 7.33. The molecule has 2 aliphatic rings. The van der Waals surface area contributed by atoms with E-state index in [2.05, 4.69) is 10.7 Å². The predicted octanol–water partition coefficient (Wildman–Crippen LogP) is 2.14. The standard InChI is InChI=1S/C15H21N3O/c16-18-14-4-2-1-3-13(14)15(19)17-9-12-8-10-5-6-11(12)7-10/h1-4,10-12,18H,5-9,16H2,(H,17,19). The van der Waals surface area contributed by atoms with E-state index in [1.165, 1.54) is 25.7 Å². The van der Waals surface area contributed by atoms with E-state index in [1.54, 1.807) is 6.07 Å². The first kappa shape index (κ1) is 12.5. The lowest BCUT2D eigenvalue weighted by Crippen LogP contribution is -2.32. The van der Waals surface area contributed by atoms with Gasteiger partial charge in [0.25, 0.3) is 5.91 Å². The number of fused-ring (bicyclic) bond motifs is 2. The summed E-state index contributed by atoms with van der Waals surface area (Å²) in [5.74, 6) is 7.84. The molecule has 102 valence electrons. The van der Waals surface area contributed by atoms with E-state index >= 15 is 0 Å². The summed E-state index contributed by atoms with van der Waals surface area (Å²) < 4.78 is 0. The van der Waals surface area contributed by atoms with Gasteiger partial charge < -0.3 is 10.7 Å². The molecule has 0 saturated heterocycles. The molecule has 0 radical (unpaired) electrons. The minimum Gasteiger partial charge on any atom is -0.352 e. The smallest absolute Gasteiger partial charge is 0.253 e. The molecule has 19 heavy (non-hydrogen) atoms. The van der Waals surface area contributed by atoms with Crippen LogP contribution in [-0.2, 0) is 0 Å². The molecule has 3 rings (SSSR count). The van der Waals surface area contributed by atoms with E-state index in [0.717, 1.165) is 18.4 Å². The number of rotatable bonds is 4. The molecule has 0 heterocycles. The Labute approximate surface area is 113 Å². The van der Waals surface area contributed by atoms with Gasteiger partial charge in [-0.25, -0.2) is 0 Å². The van der Waals surface area contributed by atoms with Gasteiger partial charge in [0, 0.05) is 6.54 Å². The number of nitrogens with one attached hydrogen (secondary N) is 2. The molecule has 2 saturated carbocycles. The molecule has 1 aromatic rings. The zero-order valence-electron chi connectivity index (χ0n) is 11.1. The quantitative estimate of drug-likeness (QED) is 0.573. The Balaban J connectivity index is 1.59. The molecule has 4 heteroatoms. The third-order valence-corrected chi connectivity index (χ3v) is 4.74. The molecule has 1 aromatic carbocycles. The fourth-order valence-electron chi connectivity index (χ4n) is 3.75. The molecule has 3 unspecified atom stereocenters. The zero-order chi connectivity index (χ0) is 13.2.